The van der Waals surface area contributed by atoms with Crippen molar-refractivity contribution in [1.82, 2.24) is 10.2 Å². The van der Waals surface area contributed by atoms with Gasteiger partial charge in [0.1, 0.15) is 13.3 Å². The maximum atomic E-state index is 14.8. The highest BCUT2D eigenvalue weighted by molar-refractivity contribution is 7.91. The van der Waals surface area contributed by atoms with E-state index in [4.69, 9.17) is 4.74 Å². The van der Waals surface area contributed by atoms with Crippen molar-refractivity contribution < 1.29 is 27.4 Å². The lowest BCUT2D eigenvalue weighted by Crippen LogP contribution is -2.68. The number of carbonyl (C=O) groups excluding carboxylic acids is 1. The van der Waals surface area contributed by atoms with Crippen molar-refractivity contribution in [2.45, 2.75) is 137 Å². The molecule has 11 atom stereocenters. The number of aliphatic hydroxyl groups excluding tert-OH is 1. The summed E-state index contributed by atoms with van der Waals surface area (Å²) in [5, 5.41) is 15.4. The molecule has 1 aromatic rings. The molecule has 7 aliphatic rings. The molecule has 0 amide bonds. The van der Waals surface area contributed by atoms with Gasteiger partial charge in [0.05, 0.1) is 23.0 Å². The topological polar surface area (TPSA) is 95.9 Å². The first-order chi connectivity index (χ1) is 28.3. The van der Waals surface area contributed by atoms with Gasteiger partial charge in [0.2, 0.25) is 0 Å². The minimum absolute atomic E-state index is 0.0130. The average Bonchev–Trinajstić information content (AvgIpc) is 3.61. The first-order valence-electron chi connectivity index (χ1n) is 23.5. The minimum atomic E-state index is -2.95. The number of aliphatic hydroxyl groups is 1. The Balaban J connectivity index is 0.988. The molecule has 0 bridgehead atoms. The van der Waals surface area contributed by atoms with Crippen molar-refractivity contribution >= 4 is 15.8 Å². The zero-order valence-corrected chi connectivity index (χ0v) is 38.5. The molecule has 0 radical (unpaired) electrons. The molecular weight excluding hydrogens is 772 g/mol. The summed E-state index contributed by atoms with van der Waals surface area (Å²) in [5.74, 6) is 2.65. The zero-order valence-electron chi connectivity index (χ0n) is 37.7. The smallest absolute Gasteiger partial charge is 0.315 e. The van der Waals surface area contributed by atoms with Gasteiger partial charge in [0.15, 0.2) is 9.84 Å². The second kappa shape index (κ2) is 16.0. The third kappa shape index (κ3) is 7.33. The van der Waals surface area contributed by atoms with E-state index in [0.29, 0.717) is 75.0 Å². The van der Waals surface area contributed by atoms with Crippen LogP contribution >= 0.6 is 0 Å². The van der Waals surface area contributed by atoms with Crippen molar-refractivity contribution in [3.05, 3.63) is 71.3 Å². The monoisotopic (exact) mass is 847 g/mol. The van der Waals surface area contributed by atoms with Gasteiger partial charge in [-0.05, 0) is 152 Å². The van der Waals surface area contributed by atoms with E-state index in [9.17, 15) is 22.7 Å². The maximum absolute atomic E-state index is 14.8. The molecule has 4 saturated carbocycles. The molecule has 9 heteroatoms. The number of hydrogen-bond donors (Lipinski definition) is 2. The lowest BCUT2D eigenvalue weighted by Gasteiger charge is -2.72. The van der Waals surface area contributed by atoms with Gasteiger partial charge >= 0.3 is 5.97 Å². The molecule has 332 valence electrons. The van der Waals surface area contributed by atoms with E-state index in [-0.39, 0.29) is 45.3 Å². The van der Waals surface area contributed by atoms with Crippen molar-refractivity contribution in [2.24, 2.45) is 56.7 Å². The van der Waals surface area contributed by atoms with Crippen LogP contribution in [0.3, 0.4) is 0 Å². The van der Waals surface area contributed by atoms with Crippen molar-refractivity contribution in [3.8, 4) is 0 Å². The summed E-state index contributed by atoms with van der Waals surface area (Å²) < 4.78 is 44.5. The molecule has 60 heavy (non-hydrogen) atoms. The van der Waals surface area contributed by atoms with Crippen molar-refractivity contribution in [1.29, 1.82) is 0 Å². The van der Waals surface area contributed by atoms with Crippen LogP contribution in [0.1, 0.15) is 124 Å². The number of alkyl halides is 1. The van der Waals surface area contributed by atoms with Crippen LogP contribution in [0.2, 0.25) is 0 Å². The summed E-state index contributed by atoms with van der Waals surface area (Å²) in [4.78, 5) is 15.5. The molecule has 1 aliphatic heterocycles. The highest BCUT2D eigenvalue weighted by Gasteiger charge is 2.70. The number of fused-ring (bicyclic) bond motifs is 7. The Kier molecular flexibility index (Phi) is 11.8. The lowest BCUT2D eigenvalue weighted by atomic mass is 9.33. The average molecular weight is 847 g/mol. The number of carbonyl (C=O) groups is 1. The minimum Gasteiger partial charge on any atom is -0.460 e. The van der Waals surface area contributed by atoms with Gasteiger partial charge in [0, 0.05) is 31.7 Å². The summed E-state index contributed by atoms with van der Waals surface area (Å²) in [6.45, 7) is 21.3. The van der Waals surface area contributed by atoms with Gasteiger partial charge in [-0.1, -0.05) is 89.3 Å². The number of esters is 1. The lowest BCUT2D eigenvalue weighted by molar-refractivity contribution is -0.221. The molecule has 1 heterocycles. The Morgan fingerprint density at radius 1 is 0.933 bits per heavy atom. The van der Waals surface area contributed by atoms with Gasteiger partial charge in [-0.2, -0.15) is 0 Å². The largest absolute Gasteiger partial charge is 0.460 e. The number of hydrogen-bond acceptors (Lipinski definition) is 7. The number of halogens is 1. The van der Waals surface area contributed by atoms with Gasteiger partial charge in [0.25, 0.3) is 0 Å². The molecule has 7 nitrogen and oxygen atoms in total. The molecule has 1 aromatic carbocycles. The van der Waals surface area contributed by atoms with Crippen LogP contribution in [0.4, 0.5) is 4.39 Å². The molecule has 1 unspecified atom stereocenters. The highest BCUT2D eigenvalue weighted by Crippen LogP contribution is 2.76. The molecular formula is C51H75FN2O5S. The zero-order chi connectivity index (χ0) is 42.9. The molecule has 0 spiro atoms. The van der Waals surface area contributed by atoms with E-state index in [0.717, 1.165) is 31.2 Å². The normalized spacial score (nSPS) is 41.4. The number of sulfone groups is 1. The van der Waals surface area contributed by atoms with Gasteiger partial charge in [-0.25, -0.2) is 12.8 Å². The first kappa shape index (κ1) is 44.3. The van der Waals surface area contributed by atoms with Crippen LogP contribution in [0.15, 0.2) is 65.8 Å². The van der Waals surface area contributed by atoms with Crippen LogP contribution in [0, 0.1) is 56.7 Å². The number of allylic oxidation sites excluding steroid dienone is 5. The Labute approximate surface area is 361 Å². The predicted molar refractivity (Wildman–Crippen MR) is 238 cm³/mol. The van der Waals surface area contributed by atoms with Crippen molar-refractivity contribution in [2.75, 3.05) is 44.4 Å². The molecule has 1 saturated heterocycles. The fourth-order valence-electron chi connectivity index (χ4n) is 15.6. The van der Waals surface area contributed by atoms with E-state index in [1.54, 1.807) is 0 Å². The van der Waals surface area contributed by atoms with E-state index in [1.165, 1.54) is 48.8 Å². The van der Waals surface area contributed by atoms with Crippen LogP contribution < -0.4 is 5.32 Å². The number of nitrogens with one attached hydrogen (secondary N) is 1. The second-order valence-corrected chi connectivity index (χ2v) is 24.6. The summed E-state index contributed by atoms with van der Waals surface area (Å²) in [5.41, 5.74) is 4.37. The number of nitrogens with zero attached hydrogens (tertiary/aromatic N) is 1. The number of benzene rings is 1. The van der Waals surface area contributed by atoms with Crippen LogP contribution in [0.5, 0.6) is 0 Å². The summed E-state index contributed by atoms with van der Waals surface area (Å²) in [6, 6.07) is 9.64. The van der Waals surface area contributed by atoms with E-state index >= 15 is 0 Å². The van der Waals surface area contributed by atoms with Crippen molar-refractivity contribution in [3.63, 3.8) is 0 Å². The fourth-order valence-corrected chi connectivity index (χ4v) is 16.9. The Morgan fingerprint density at radius 3 is 2.33 bits per heavy atom. The Morgan fingerprint density at radius 2 is 1.67 bits per heavy atom. The summed E-state index contributed by atoms with van der Waals surface area (Å²) in [7, 11) is -2.95. The third-order valence-electron chi connectivity index (χ3n) is 19.1. The molecule has 6 aliphatic carbocycles. The number of rotatable bonds is 11. The molecule has 5 fully saturated rings. The SMILES string of the molecule is C=C(C)[C@@H]1CC[C@]2(NCC(O)CN3CCS(=O)(=O)CC3)CC[C@]3(C)[C@H](CC[C@@H]4[C@@]5(C)CC=C(C6=CC[C@](CF)(C(=O)OCc7ccccc7)CC6)C(C)(C)[C@@H]5CC[C@]43C)[C@@H]12. The van der Waals surface area contributed by atoms with Gasteiger partial charge in [-0.15, -0.1) is 0 Å². The fraction of sp³-hybridized carbons (Fsp3) is 0.745. The number of β-amino-alcohol motifs (C(OH)–C–C–N with tert-alkyl or cyclic N) is 1. The van der Waals surface area contributed by atoms with Crippen LogP contribution in [-0.2, 0) is 26.0 Å². The Bertz CT molecular complexity index is 1970. The predicted octanol–water partition coefficient (Wildman–Crippen LogP) is 9.42. The van der Waals surface area contributed by atoms with E-state index < -0.39 is 34.0 Å². The van der Waals surface area contributed by atoms with Gasteiger partial charge < -0.3 is 15.2 Å². The standard InChI is InChI=1S/C51H75FN2O5S/c1-35(2)39-17-24-51(53-31-38(55)32-54-27-29-60(57,58)30-28-54)26-25-48(6)41(44(39)51)13-14-43-47(5)20-18-40(46(3,4)42(47)19-21-49(43,48)7)37-15-22-50(34-52,23-16-37)45(56)59-33-36-11-9-8-10-12-36/h8-12,15,18,38-39,41-44,53,55H,1,13-14,16-17,19-34H2,2-7H3/t38?,39-,41+,42-,43+,44+,47-,48+,49+,50-,51-/m0/s1. The van der Waals surface area contributed by atoms with E-state index in [1.807, 2.05) is 30.3 Å². The summed E-state index contributed by atoms with van der Waals surface area (Å²) >= 11 is 0. The summed E-state index contributed by atoms with van der Waals surface area (Å²) in [6.07, 6.45) is 16.3. The quantitative estimate of drug-likeness (QED) is 0.169. The maximum Gasteiger partial charge on any atom is 0.315 e. The second-order valence-electron chi connectivity index (χ2n) is 22.3. The molecule has 0 aromatic heterocycles. The van der Waals surface area contributed by atoms with Crippen LogP contribution in [0.25, 0.3) is 0 Å². The first-order valence-corrected chi connectivity index (χ1v) is 25.3. The van der Waals surface area contributed by atoms with Crippen LogP contribution in [-0.4, -0.2) is 80.4 Å². The molecule has 8 rings (SSSR count). The van der Waals surface area contributed by atoms with E-state index in [2.05, 4.69) is 70.5 Å². The highest BCUT2D eigenvalue weighted by atomic mass is 32.2. The number of ether oxygens (including phenoxy) is 1. The Hall–Kier alpha value is -2.33. The molecule has 2 N–H and O–H groups in total. The third-order valence-corrected chi connectivity index (χ3v) is 20.7. The van der Waals surface area contributed by atoms with Gasteiger partial charge in [-0.3, -0.25) is 9.69 Å².